The van der Waals surface area contributed by atoms with Crippen molar-refractivity contribution in [1.29, 1.82) is 0 Å². The van der Waals surface area contributed by atoms with Gasteiger partial charge in [-0.2, -0.15) is 4.57 Å². The molecule has 0 radical (unpaired) electrons. The van der Waals surface area contributed by atoms with E-state index in [2.05, 4.69) is 6.08 Å². The summed E-state index contributed by atoms with van der Waals surface area (Å²) in [7, 11) is 0. The highest BCUT2D eigenvalue weighted by Gasteiger charge is 2.25. The van der Waals surface area contributed by atoms with Crippen molar-refractivity contribution in [2.45, 2.75) is 18.4 Å². The number of nitrogens with zero attached hydrogens (tertiary/aromatic N) is 2. The second-order valence-electron chi connectivity index (χ2n) is 7.46. The first-order valence-corrected chi connectivity index (χ1v) is 12.2. The summed E-state index contributed by atoms with van der Waals surface area (Å²) in [6.45, 7) is 2.24. The number of hydrogen-bond acceptors (Lipinski definition) is 7. The number of ether oxygens (including phenoxy) is 1. The lowest BCUT2D eigenvalue weighted by molar-refractivity contribution is -0.670. The SMILES string of the molecule is CC(/C=C1\Sc2ccc([O-])cc2N1CCO)=C\c1sc2ccc(OCCF)cc2[n+]1CCO. The Kier molecular flexibility index (Phi) is 7.54. The molecule has 4 rings (SSSR count). The lowest BCUT2D eigenvalue weighted by atomic mass is 10.2. The number of aromatic nitrogens is 1. The van der Waals surface area contributed by atoms with Crippen molar-refractivity contribution in [2.24, 2.45) is 0 Å². The second kappa shape index (κ2) is 10.6. The lowest BCUT2D eigenvalue weighted by Crippen LogP contribution is -2.36. The van der Waals surface area contributed by atoms with Gasteiger partial charge in [0.05, 0.1) is 23.4 Å². The van der Waals surface area contributed by atoms with Crippen LogP contribution in [0.4, 0.5) is 10.1 Å². The fourth-order valence-electron chi connectivity index (χ4n) is 3.72. The van der Waals surface area contributed by atoms with Gasteiger partial charge in [0.2, 0.25) is 5.52 Å². The monoisotopic (exact) mass is 488 g/mol. The molecule has 0 amide bonds. The molecule has 1 aliphatic heterocycles. The molecule has 2 aromatic carbocycles. The molecule has 174 valence electrons. The third kappa shape index (κ3) is 5.16. The van der Waals surface area contributed by atoms with Crippen LogP contribution in [0.3, 0.4) is 0 Å². The lowest BCUT2D eigenvalue weighted by Gasteiger charge is -2.20. The Balaban J connectivity index is 1.68. The molecule has 0 saturated heterocycles. The molecule has 0 saturated carbocycles. The van der Waals surface area contributed by atoms with E-state index in [1.165, 1.54) is 0 Å². The number of aliphatic hydroxyl groups is 2. The molecule has 0 aliphatic carbocycles. The van der Waals surface area contributed by atoms with Crippen LogP contribution in [0.2, 0.25) is 0 Å². The Hall–Kier alpha value is -2.59. The normalized spacial score (nSPS) is 15.0. The van der Waals surface area contributed by atoms with Gasteiger partial charge in [-0.1, -0.05) is 29.2 Å². The van der Waals surface area contributed by atoms with E-state index in [1.807, 2.05) is 46.7 Å². The van der Waals surface area contributed by atoms with Crippen molar-refractivity contribution >= 4 is 45.1 Å². The molecule has 0 spiro atoms. The number of β-amino-alcohol motifs (C(OH)–C–C–N with tert-alkyl or cyclic N) is 1. The summed E-state index contributed by atoms with van der Waals surface area (Å²) in [5.41, 5.74) is 2.73. The summed E-state index contributed by atoms with van der Waals surface area (Å²) in [6.07, 6.45) is 4.09. The summed E-state index contributed by atoms with van der Waals surface area (Å²) >= 11 is 3.16. The summed E-state index contributed by atoms with van der Waals surface area (Å²) < 4.78 is 21.0. The second-order valence-corrected chi connectivity index (χ2v) is 9.58. The Labute approximate surface area is 199 Å². The van der Waals surface area contributed by atoms with E-state index in [-0.39, 0.29) is 25.6 Å². The molecule has 2 N–H and O–H groups in total. The topological polar surface area (TPSA) is 79.9 Å². The van der Waals surface area contributed by atoms with Gasteiger partial charge >= 0.3 is 0 Å². The van der Waals surface area contributed by atoms with Crippen LogP contribution >= 0.6 is 23.1 Å². The smallest absolute Gasteiger partial charge is 0.263 e. The zero-order chi connectivity index (χ0) is 23.4. The number of anilines is 1. The van der Waals surface area contributed by atoms with E-state index in [1.54, 1.807) is 35.2 Å². The minimum Gasteiger partial charge on any atom is -0.872 e. The number of aliphatic hydroxyl groups excluding tert-OH is 2. The van der Waals surface area contributed by atoms with E-state index in [4.69, 9.17) is 4.74 Å². The molecule has 6 nitrogen and oxygen atoms in total. The van der Waals surface area contributed by atoms with Crippen LogP contribution in [0, 0.1) is 0 Å². The van der Waals surface area contributed by atoms with E-state index in [0.717, 1.165) is 36.4 Å². The van der Waals surface area contributed by atoms with Crippen molar-refractivity contribution in [3.63, 3.8) is 0 Å². The first-order valence-electron chi connectivity index (χ1n) is 10.6. The van der Waals surface area contributed by atoms with Gasteiger partial charge in [0, 0.05) is 17.5 Å². The van der Waals surface area contributed by atoms with Crippen LogP contribution in [0.1, 0.15) is 11.9 Å². The molecule has 9 heteroatoms. The molecule has 1 aliphatic rings. The van der Waals surface area contributed by atoms with Crippen LogP contribution in [0.5, 0.6) is 11.5 Å². The average molecular weight is 489 g/mol. The fraction of sp³-hybridized carbons (Fsp3) is 0.292. The van der Waals surface area contributed by atoms with Crippen molar-refractivity contribution < 1.29 is 29.0 Å². The van der Waals surface area contributed by atoms with Crippen molar-refractivity contribution in [1.82, 2.24) is 0 Å². The first-order chi connectivity index (χ1) is 16.0. The molecular formula is C24H25FN2O4S2. The van der Waals surface area contributed by atoms with Crippen LogP contribution in [-0.2, 0) is 6.54 Å². The maximum atomic E-state index is 12.5. The highest BCUT2D eigenvalue weighted by Crippen LogP contribution is 2.47. The van der Waals surface area contributed by atoms with E-state index < -0.39 is 6.67 Å². The zero-order valence-electron chi connectivity index (χ0n) is 18.2. The Morgan fingerprint density at radius 2 is 2.06 bits per heavy atom. The average Bonchev–Trinajstić information content (AvgIpc) is 3.30. The van der Waals surface area contributed by atoms with E-state index in [0.29, 0.717) is 18.8 Å². The number of rotatable bonds is 9. The molecule has 33 heavy (non-hydrogen) atoms. The number of benzene rings is 2. The summed E-state index contributed by atoms with van der Waals surface area (Å²) in [5, 5.41) is 32.9. The minimum absolute atomic E-state index is 0.00726. The van der Waals surface area contributed by atoms with E-state index >= 15 is 0 Å². The third-order valence-corrected chi connectivity index (χ3v) is 7.32. The van der Waals surface area contributed by atoms with Gasteiger partial charge in [0.25, 0.3) is 5.01 Å². The Morgan fingerprint density at radius 1 is 1.21 bits per heavy atom. The molecular weight excluding hydrogens is 463 g/mol. The summed E-state index contributed by atoms with van der Waals surface area (Å²) in [5.74, 6) is 0.535. The Bertz CT molecular complexity index is 1210. The maximum Gasteiger partial charge on any atom is 0.263 e. The van der Waals surface area contributed by atoms with Gasteiger partial charge in [-0.25, -0.2) is 4.39 Å². The van der Waals surface area contributed by atoms with Gasteiger partial charge in [0.1, 0.15) is 30.3 Å². The number of hydrogen-bond donors (Lipinski definition) is 2. The molecule has 0 unspecified atom stereocenters. The van der Waals surface area contributed by atoms with Gasteiger partial charge in [-0.15, -0.1) is 5.75 Å². The summed E-state index contributed by atoms with van der Waals surface area (Å²) in [6, 6.07) is 10.6. The highest BCUT2D eigenvalue weighted by atomic mass is 32.2. The summed E-state index contributed by atoms with van der Waals surface area (Å²) in [4.78, 5) is 2.94. The van der Waals surface area contributed by atoms with Crippen LogP contribution in [0.25, 0.3) is 16.3 Å². The molecule has 0 bridgehead atoms. The van der Waals surface area contributed by atoms with Crippen molar-refractivity contribution in [2.75, 3.05) is 37.9 Å². The van der Waals surface area contributed by atoms with Gasteiger partial charge < -0.3 is 25.0 Å². The first kappa shape index (κ1) is 23.6. The predicted molar refractivity (Wildman–Crippen MR) is 128 cm³/mol. The minimum atomic E-state index is -0.550. The number of allylic oxidation sites excluding steroid dienone is 2. The maximum absolute atomic E-state index is 12.5. The molecule has 1 aromatic heterocycles. The van der Waals surface area contributed by atoms with Crippen molar-refractivity contribution in [3.8, 4) is 11.5 Å². The zero-order valence-corrected chi connectivity index (χ0v) is 19.8. The van der Waals surface area contributed by atoms with Crippen molar-refractivity contribution in [3.05, 3.63) is 58.1 Å². The largest absolute Gasteiger partial charge is 0.872 e. The van der Waals surface area contributed by atoms with Gasteiger partial charge in [0.15, 0.2) is 6.54 Å². The molecule has 2 heterocycles. The number of thiazole rings is 1. The number of thioether (sulfide) groups is 1. The quantitative estimate of drug-likeness (QED) is 0.449. The number of alkyl halides is 1. The van der Waals surface area contributed by atoms with Crippen LogP contribution in [-0.4, -0.2) is 43.3 Å². The predicted octanol–water partition coefficient (Wildman–Crippen LogP) is 3.45. The Morgan fingerprint density at radius 3 is 2.82 bits per heavy atom. The third-order valence-electron chi connectivity index (χ3n) is 5.10. The molecule has 0 atom stereocenters. The van der Waals surface area contributed by atoms with Gasteiger partial charge in [-0.05, 0) is 42.8 Å². The van der Waals surface area contributed by atoms with Gasteiger partial charge in [-0.3, -0.25) is 0 Å². The number of fused-ring (bicyclic) bond motifs is 2. The van der Waals surface area contributed by atoms with Crippen LogP contribution < -0.4 is 19.3 Å². The number of halogens is 1. The van der Waals surface area contributed by atoms with E-state index in [9.17, 15) is 19.7 Å². The fourth-order valence-corrected chi connectivity index (χ4v) is 6.07. The molecule has 0 fully saturated rings. The van der Waals surface area contributed by atoms with Crippen LogP contribution in [0.15, 0.2) is 58.0 Å². The standard InChI is InChI=1S/C24H25FN2O4S2/c1-16(12-23-26(7-9-28)19-14-17(30)2-4-21(19)32-23)13-24-27(8-10-29)20-15-18(31-11-6-25)3-5-22(20)33-24/h2-5,12-15,28-29H,6-11H2,1H3. The highest BCUT2D eigenvalue weighted by molar-refractivity contribution is 8.03. The molecule has 3 aromatic rings.